The first-order valence-corrected chi connectivity index (χ1v) is 9.68. The van der Waals surface area contributed by atoms with E-state index in [0.717, 1.165) is 16.8 Å². The minimum atomic E-state index is -3.74. The molecule has 0 saturated heterocycles. The molecule has 0 heterocycles. The van der Waals surface area contributed by atoms with Crippen molar-refractivity contribution in [3.63, 3.8) is 0 Å². The van der Waals surface area contributed by atoms with Crippen molar-refractivity contribution in [3.8, 4) is 0 Å². The number of aryl methyl sites for hydroxylation is 1. The van der Waals surface area contributed by atoms with E-state index in [1.165, 1.54) is 19.1 Å². The first-order valence-electron chi connectivity index (χ1n) is 8.20. The molecular formula is C19H24N2O3S. The van der Waals surface area contributed by atoms with Crippen molar-refractivity contribution in [1.29, 1.82) is 0 Å². The Morgan fingerprint density at radius 1 is 0.960 bits per heavy atom. The van der Waals surface area contributed by atoms with Gasteiger partial charge in [-0.25, -0.2) is 8.42 Å². The molecule has 0 aliphatic rings. The van der Waals surface area contributed by atoms with E-state index in [1.54, 1.807) is 18.2 Å². The minimum absolute atomic E-state index is 0.133. The fraction of sp³-hybridized carbons (Fsp3) is 0.316. The molecule has 2 aromatic rings. The number of benzene rings is 2. The molecule has 0 aliphatic carbocycles. The highest BCUT2D eigenvalue weighted by molar-refractivity contribution is 7.89. The number of sulfonamides is 1. The van der Waals surface area contributed by atoms with Crippen molar-refractivity contribution in [2.45, 2.75) is 44.6 Å². The molecule has 5 nitrogen and oxygen atoms in total. The third-order valence-corrected chi connectivity index (χ3v) is 5.51. The third-order valence-electron chi connectivity index (χ3n) is 3.95. The van der Waals surface area contributed by atoms with Crippen LogP contribution in [0.4, 0.5) is 5.69 Å². The number of hydrogen-bond donors (Lipinski definition) is 2. The first-order chi connectivity index (χ1) is 11.7. The van der Waals surface area contributed by atoms with Crippen molar-refractivity contribution < 1.29 is 13.2 Å². The molecule has 2 aromatic carbocycles. The van der Waals surface area contributed by atoms with Gasteiger partial charge < -0.3 is 5.32 Å². The van der Waals surface area contributed by atoms with Gasteiger partial charge in [0.25, 0.3) is 0 Å². The highest BCUT2D eigenvalue weighted by atomic mass is 32.2. The molecule has 0 aromatic heterocycles. The lowest BCUT2D eigenvalue weighted by Crippen LogP contribution is -2.41. The Bertz CT molecular complexity index is 846. The van der Waals surface area contributed by atoms with Crippen LogP contribution in [0.25, 0.3) is 0 Å². The maximum absolute atomic E-state index is 12.5. The molecule has 1 amide bonds. The summed E-state index contributed by atoms with van der Waals surface area (Å²) in [5, 5.41) is 2.87. The zero-order valence-corrected chi connectivity index (χ0v) is 15.7. The molecule has 0 spiro atoms. The summed E-state index contributed by atoms with van der Waals surface area (Å²) in [5.41, 5.74) is 2.71. The van der Waals surface area contributed by atoms with Crippen molar-refractivity contribution in [2.24, 2.45) is 0 Å². The van der Waals surface area contributed by atoms with Crippen LogP contribution < -0.4 is 10.0 Å². The normalized spacial score (nSPS) is 12.8. The lowest BCUT2D eigenvalue weighted by Gasteiger charge is -2.19. The minimum Gasteiger partial charge on any atom is -0.324 e. The summed E-state index contributed by atoms with van der Waals surface area (Å²) < 4.78 is 27.1. The monoisotopic (exact) mass is 360 g/mol. The largest absolute Gasteiger partial charge is 0.324 e. The summed E-state index contributed by atoms with van der Waals surface area (Å²) >= 11 is 0. The molecule has 25 heavy (non-hydrogen) atoms. The van der Waals surface area contributed by atoms with Gasteiger partial charge >= 0.3 is 0 Å². The van der Waals surface area contributed by atoms with Crippen LogP contribution in [-0.2, 0) is 14.8 Å². The number of anilines is 1. The second-order valence-electron chi connectivity index (χ2n) is 6.34. The number of carbonyl (C=O) groups is 1. The van der Waals surface area contributed by atoms with Gasteiger partial charge in [-0.2, -0.15) is 4.72 Å². The quantitative estimate of drug-likeness (QED) is 0.829. The molecule has 0 bridgehead atoms. The van der Waals surface area contributed by atoms with E-state index in [1.807, 2.05) is 39.0 Å². The topological polar surface area (TPSA) is 75.3 Å². The molecule has 1 atom stereocenters. The third kappa shape index (κ3) is 4.67. The Morgan fingerprint density at radius 2 is 1.60 bits per heavy atom. The zero-order valence-electron chi connectivity index (χ0n) is 14.9. The van der Waals surface area contributed by atoms with Gasteiger partial charge in [-0.15, -0.1) is 0 Å². The molecule has 6 heteroatoms. The molecule has 0 fully saturated rings. The number of nitrogens with one attached hydrogen (secondary N) is 2. The average molecular weight is 360 g/mol. The van der Waals surface area contributed by atoms with Crippen LogP contribution in [0.15, 0.2) is 53.4 Å². The Hall–Kier alpha value is -2.18. The molecule has 0 saturated carbocycles. The molecule has 0 radical (unpaired) electrons. The fourth-order valence-electron chi connectivity index (χ4n) is 2.53. The van der Waals surface area contributed by atoms with Crippen LogP contribution in [-0.4, -0.2) is 20.4 Å². The highest BCUT2D eigenvalue weighted by Crippen LogP contribution is 2.27. The standard InChI is InChI=1S/C19H24N2O3S/c1-13(2)17-12-8-9-14(3)18(17)20-19(22)15(4)21-25(23,24)16-10-6-5-7-11-16/h5-13,15,21H,1-4H3,(H,20,22)/t15-/m0/s1. The maximum atomic E-state index is 12.5. The van der Waals surface area contributed by atoms with E-state index in [2.05, 4.69) is 10.0 Å². The van der Waals surface area contributed by atoms with Crippen molar-refractivity contribution in [1.82, 2.24) is 4.72 Å². The number of amides is 1. The van der Waals surface area contributed by atoms with Crippen LogP contribution >= 0.6 is 0 Å². The molecule has 0 aliphatic heterocycles. The van der Waals surface area contributed by atoms with Crippen LogP contribution in [0.2, 0.25) is 0 Å². The number of carbonyl (C=O) groups excluding carboxylic acids is 1. The predicted molar refractivity (Wildman–Crippen MR) is 100 cm³/mol. The van der Waals surface area contributed by atoms with Gasteiger partial charge in [-0.3, -0.25) is 4.79 Å². The molecule has 134 valence electrons. The smallest absolute Gasteiger partial charge is 0.242 e. The number of hydrogen-bond acceptors (Lipinski definition) is 3. The fourth-order valence-corrected chi connectivity index (χ4v) is 3.75. The Balaban J connectivity index is 2.17. The summed E-state index contributed by atoms with van der Waals surface area (Å²) in [5.74, 6) is -0.151. The molecule has 2 rings (SSSR count). The predicted octanol–water partition coefficient (Wildman–Crippen LogP) is 3.42. The highest BCUT2D eigenvalue weighted by Gasteiger charge is 2.23. The van der Waals surface area contributed by atoms with Gasteiger partial charge in [0.15, 0.2) is 0 Å². The average Bonchev–Trinajstić information content (AvgIpc) is 2.56. The van der Waals surface area contributed by atoms with E-state index in [-0.39, 0.29) is 10.8 Å². The van der Waals surface area contributed by atoms with Gasteiger partial charge in [0.05, 0.1) is 10.9 Å². The number of rotatable bonds is 6. The molecular weight excluding hydrogens is 336 g/mol. The lowest BCUT2D eigenvalue weighted by atomic mass is 9.98. The maximum Gasteiger partial charge on any atom is 0.242 e. The van der Waals surface area contributed by atoms with E-state index < -0.39 is 22.0 Å². The second kappa shape index (κ2) is 7.80. The van der Waals surface area contributed by atoms with Crippen molar-refractivity contribution >= 4 is 21.6 Å². The molecule has 2 N–H and O–H groups in total. The summed E-state index contributed by atoms with van der Waals surface area (Å²) in [6.45, 7) is 7.54. The van der Waals surface area contributed by atoms with Crippen molar-refractivity contribution in [2.75, 3.05) is 5.32 Å². The number of para-hydroxylation sites is 1. The van der Waals surface area contributed by atoms with Gasteiger partial charge in [-0.05, 0) is 43.0 Å². The van der Waals surface area contributed by atoms with Crippen molar-refractivity contribution in [3.05, 3.63) is 59.7 Å². The van der Waals surface area contributed by atoms with Crippen LogP contribution in [0, 0.1) is 6.92 Å². The SMILES string of the molecule is Cc1cccc(C(C)C)c1NC(=O)[C@H](C)NS(=O)(=O)c1ccccc1. The van der Waals surface area contributed by atoms with E-state index in [4.69, 9.17) is 0 Å². The summed E-state index contributed by atoms with van der Waals surface area (Å²) in [6.07, 6.45) is 0. The van der Waals surface area contributed by atoms with Gasteiger partial charge in [0.1, 0.15) is 0 Å². The van der Waals surface area contributed by atoms with E-state index in [0.29, 0.717) is 0 Å². The van der Waals surface area contributed by atoms with Crippen LogP contribution in [0.3, 0.4) is 0 Å². The van der Waals surface area contributed by atoms with E-state index >= 15 is 0 Å². The Morgan fingerprint density at radius 3 is 2.20 bits per heavy atom. The van der Waals surface area contributed by atoms with Gasteiger partial charge in [0.2, 0.25) is 15.9 Å². The molecule has 0 unspecified atom stereocenters. The summed E-state index contributed by atoms with van der Waals surface area (Å²) in [7, 11) is -3.74. The second-order valence-corrected chi connectivity index (χ2v) is 8.05. The summed E-state index contributed by atoms with van der Waals surface area (Å²) in [6, 6.07) is 12.9. The lowest BCUT2D eigenvalue weighted by molar-refractivity contribution is -0.117. The van der Waals surface area contributed by atoms with Gasteiger partial charge in [-0.1, -0.05) is 50.2 Å². The summed E-state index contributed by atoms with van der Waals surface area (Å²) in [4.78, 5) is 12.6. The first kappa shape index (κ1) is 19.1. The Labute approximate surface area is 149 Å². The van der Waals surface area contributed by atoms with Crippen LogP contribution in [0.1, 0.15) is 37.8 Å². The zero-order chi connectivity index (χ0) is 18.6. The van der Waals surface area contributed by atoms with Crippen LogP contribution in [0.5, 0.6) is 0 Å². The van der Waals surface area contributed by atoms with Gasteiger partial charge in [0, 0.05) is 5.69 Å². The Kier molecular flexibility index (Phi) is 5.98. The van der Waals surface area contributed by atoms with E-state index in [9.17, 15) is 13.2 Å².